The van der Waals surface area contributed by atoms with Gasteiger partial charge >= 0.3 is 0 Å². The number of hydrogen-bond donors (Lipinski definition) is 2. The van der Waals surface area contributed by atoms with E-state index in [-0.39, 0.29) is 11.8 Å². The van der Waals surface area contributed by atoms with Gasteiger partial charge in [-0.05, 0) is 29.8 Å². The van der Waals surface area contributed by atoms with Crippen molar-refractivity contribution in [3.8, 4) is 0 Å². The number of benzene rings is 3. The minimum Gasteiger partial charge on any atom is -0.340 e. The Morgan fingerprint density at radius 2 is 1.52 bits per heavy atom. The molecule has 0 radical (unpaired) electrons. The van der Waals surface area contributed by atoms with Crippen molar-refractivity contribution in [3.05, 3.63) is 102 Å². The van der Waals surface area contributed by atoms with Crippen molar-refractivity contribution in [1.82, 2.24) is 15.0 Å². The van der Waals surface area contributed by atoms with E-state index in [1.165, 1.54) is 0 Å². The van der Waals surface area contributed by atoms with Crippen LogP contribution in [0.3, 0.4) is 0 Å². The Morgan fingerprint density at radius 1 is 0.862 bits per heavy atom. The van der Waals surface area contributed by atoms with Gasteiger partial charge in [-0.3, -0.25) is 15.0 Å². The molecule has 0 aliphatic carbocycles. The highest BCUT2D eigenvalue weighted by Gasteiger charge is 2.22. The lowest BCUT2D eigenvalue weighted by Crippen LogP contribution is -2.47. The topological polar surface area (TPSA) is 76.0 Å². The van der Waals surface area contributed by atoms with Gasteiger partial charge in [-0.15, -0.1) is 0 Å². The van der Waals surface area contributed by atoms with E-state index in [4.69, 9.17) is 0 Å². The first-order chi connectivity index (χ1) is 14.2. The van der Waals surface area contributed by atoms with Gasteiger partial charge in [0, 0.05) is 12.0 Å². The van der Waals surface area contributed by atoms with Crippen molar-refractivity contribution in [2.24, 2.45) is 0 Å². The molecule has 0 spiro atoms. The van der Waals surface area contributed by atoms with Crippen LogP contribution < -0.4 is 10.7 Å². The maximum atomic E-state index is 13.1. The Morgan fingerprint density at radius 3 is 2.28 bits per heavy atom. The molecule has 1 heterocycles. The monoisotopic (exact) mass is 384 g/mol. The molecular weight excluding hydrogens is 364 g/mol. The van der Waals surface area contributed by atoms with Crippen LogP contribution in [0.15, 0.2) is 91.3 Å². The van der Waals surface area contributed by atoms with E-state index >= 15 is 0 Å². The summed E-state index contributed by atoms with van der Waals surface area (Å²) < 4.78 is 1.57. The van der Waals surface area contributed by atoms with Crippen LogP contribution in [0.25, 0.3) is 11.0 Å². The summed E-state index contributed by atoms with van der Waals surface area (Å²) >= 11 is 0. The zero-order valence-corrected chi connectivity index (χ0v) is 15.7. The molecule has 4 aromatic rings. The molecule has 1 unspecified atom stereocenters. The summed E-state index contributed by atoms with van der Waals surface area (Å²) in [4.78, 5) is 30.0. The zero-order chi connectivity index (χ0) is 20.1. The maximum absolute atomic E-state index is 13.1. The number of aromatic nitrogens is 2. The van der Waals surface area contributed by atoms with Crippen molar-refractivity contribution in [2.75, 3.05) is 5.43 Å². The van der Waals surface area contributed by atoms with Crippen LogP contribution in [0.5, 0.6) is 0 Å². The zero-order valence-electron chi connectivity index (χ0n) is 15.7. The van der Waals surface area contributed by atoms with Gasteiger partial charge in [-0.25, -0.2) is 9.66 Å². The third-order valence-corrected chi connectivity index (χ3v) is 4.62. The van der Waals surface area contributed by atoms with Gasteiger partial charge in [-0.1, -0.05) is 60.7 Å². The van der Waals surface area contributed by atoms with Crippen molar-refractivity contribution in [2.45, 2.75) is 12.5 Å². The number of nitrogens with zero attached hydrogens (tertiary/aromatic N) is 2. The second-order valence-corrected chi connectivity index (χ2v) is 6.66. The molecule has 0 aliphatic heterocycles. The van der Waals surface area contributed by atoms with Gasteiger partial charge < -0.3 is 5.32 Å². The largest absolute Gasteiger partial charge is 0.340 e. The summed E-state index contributed by atoms with van der Waals surface area (Å²) in [6.07, 6.45) is 1.93. The summed E-state index contributed by atoms with van der Waals surface area (Å²) in [6.45, 7) is 0. The fourth-order valence-corrected chi connectivity index (χ4v) is 3.14. The highest BCUT2D eigenvalue weighted by atomic mass is 16.2. The predicted octanol–water partition coefficient (Wildman–Crippen LogP) is 3.15. The first kappa shape index (κ1) is 18.4. The lowest BCUT2D eigenvalue weighted by Gasteiger charge is -2.19. The number of hydrogen-bond acceptors (Lipinski definition) is 3. The molecule has 144 valence electrons. The summed E-state index contributed by atoms with van der Waals surface area (Å²) in [5.74, 6) is -0.613. The third-order valence-electron chi connectivity index (χ3n) is 4.62. The van der Waals surface area contributed by atoms with Crippen LogP contribution in [0.1, 0.15) is 15.9 Å². The molecule has 0 aliphatic rings. The fourth-order valence-electron chi connectivity index (χ4n) is 3.14. The van der Waals surface area contributed by atoms with Gasteiger partial charge in [0.15, 0.2) is 0 Å². The summed E-state index contributed by atoms with van der Waals surface area (Å²) in [6, 6.07) is 25.2. The van der Waals surface area contributed by atoms with Gasteiger partial charge in [0.2, 0.25) is 0 Å². The molecule has 4 rings (SSSR count). The fraction of sp³-hybridized carbons (Fsp3) is 0.0870. The SMILES string of the molecule is O=C(NC(Cc1ccccc1)C(=O)Nn1cnc2ccccc21)c1ccccc1. The minimum atomic E-state index is -0.744. The number of rotatable bonds is 6. The van der Waals surface area contributed by atoms with Crippen LogP contribution in [-0.2, 0) is 11.2 Å². The molecule has 6 heteroatoms. The van der Waals surface area contributed by atoms with E-state index in [9.17, 15) is 9.59 Å². The Labute approximate surface area is 168 Å². The Hall–Kier alpha value is -3.93. The van der Waals surface area contributed by atoms with Crippen molar-refractivity contribution < 1.29 is 9.59 Å². The standard InChI is InChI=1S/C23H20N4O2/c28-22(18-11-5-2-6-12-18)25-20(15-17-9-3-1-4-10-17)23(29)26-27-16-24-19-13-7-8-14-21(19)27/h1-14,16,20H,15H2,(H,25,28)(H,26,29). The predicted molar refractivity (Wildman–Crippen MR) is 112 cm³/mol. The first-order valence-electron chi connectivity index (χ1n) is 9.33. The summed E-state index contributed by atoms with van der Waals surface area (Å²) in [7, 11) is 0. The summed E-state index contributed by atoms with van der Waals surface area (Å²) in [5, 5.41) is 2.86. The molecule has 2 amide bonds. The summed E-state index contributed by atoms with van der Waals surface area (Å²) in [5.41, 5.74) is 5.87. The van der Waals surface area contributed by atoms with E-state index in [0.717, 1.165) is 16.6 Å². The quantitative estimate of drug-likeness (QED) is 0.536. The molecule has 3 aromatic carbocycles. The lowest BCUT2D eigenvalue weighted by molar-refractivity contribution is -0.118. The number of carbonyl (C=O) groups excluding carboxylic acids is 2. The number of fused-ring (bicyclic) bond motifs is 1. The number of para-hydroxylation sites is 2. The second kappa shape index (κ2) is 8.39. The number of imidazole rings is 1. The van der Waals surface area contributed by atoms with Crippen molar-refractivity contribution in [3.63, 3.8) is 0 Å². The molecule has 0 saturated heterocycles. The smallest absolute Gasteiger partial charge is 0.261 e. The van der Waals surface area contributed by atoms with Crippen LogP contribution in [0.4, 0.5) is 0 Å². The molecule has 6 nitrogen and oxygen atoms in total. The second-order valence-electron chi connectivity index (χ2n) is 6.66. The van der Waals surface area contributed by atoms with E-state index in [0.29, 0.717) is 12.0 Å². The molecule has 29 heavy (non-hydrogen) atoms. The van der Waals surface area contributed by atoms with E-state index in [2.05, 4.69) is 15.7 Å². The Balaban J connectivity index is 1.56. The average Bonchev–Trinajstić information content (AvgIpc) is 3.17. The van der Waals surface area contributed by atoms with E-state index in [1.54, 1.807) is 35.3 Å². The average molecular weight is 384 g/mol. The number of amides is 2. The molecule has 1 atom stereocenters. The first-order valence-corrected chi connectivity index (χ1v) is 9.33. The van der Waals surface area contributed by atoms with Crippen LogP contribution in [0.2, 0.25) is 0 Å². The lowest BCUT2D eigenvalue weighted by atomic mass is 10.0. The minimum absolute atomic E-state index is 0.294. The molecule has 1 aromatic heterocycles. The van der Waals surface area contributed by atoms with Crippen molar-refractivity contribution in [1.29, 1.82) is 0 Å². The molecule has 0 saturated carbocycles. The number of nitrogens with one attached hydrogen (secondary N) is 2. The Bertz CT molecular complexity index is 1120. The molecular formula is C23H20N4O2. The van der Waals surface area contributed by atoms with E-state index in [1.807, 2.05) is 60.7 Å². The third kappa shape index (κ3) is 4.32. The van der Waals surface area contributed by atoms with Gasteiger partial charge in [0.25, 0.3) is 11.8 Å². The van der Waals surface area contributed by atoms with Crippen LogP contribution in [-0.4, -0.2) is 27.5 Å². The highest BCUT2D eigenvalue weighted by molar-refractivity contribution is 5.99. The molecule has 2 N–H and O–H groups in total. The Kier molecular flexibility index (Phi) is 5.33. The van der Waals surface area contributed by atoms with Crippen molar-refractivity contribution >= 4 is 22.8 Å². The number of carbonyl (C=O) groups is 2. The van der Waals surface area contributed by atoms with Crippen LogP contribution >= 0.6 is 0 Å². The highest BCUT2D eigenvalue weighted by Crippen LogP contribution is 2.11. The molecule has 0 bridgehead atoms. The van der Waals surface area contributed by atoms with Gasteiger partial charge in [0.1, 0.15) is 12.4 Å². The van der Waals surface area contributed by atoms with Gasteiger partial charge in [-0.2, -0.15) is 0 Å². The normalized spacial score (nSPS) is 11.7. The van der Waals surface area contributed by atoms with E-state index < -0.39 is 6.04 Å². The maximum Gasteiger partial charge on any atom is 0.261 e. The van der Waals surface area contributed by atoms with Crippen LogP contribution in [0, 0.1) is 0 Å². The molecule has 0 fully saturated rings. The van der Waals surface area contributed by atoms with Gasteiger partial charge in [0.05, 0.1) is 11.0 Å².